The van der Waals surface area contributed by atoms with E-state index in [9.17, 15) is 4.79 Å². The molecule has 1 aromatic rings. The van der Waals surface area contributed by atoms with Gasteiger partial charge in [-0.25, -0.2) is 4.98 Å². The van der Waals surface area contributed by atoms with Crippen LogP contribution in [0.2, 0.25) is 0 Å². The zero-order chi connectivity index (χ0) is 15.2. The summed E-state index contributed by atoms with van der Waals surface area (Å²) < 4.78 is 5.43. The molecule has 1 fully saturated rings. The van der Waals surface area contributed by atoms with E-state index in [0.717, 1.165) is 32.2 Å². The van der Waals surface area contributed by atoms with Crippen LogP contribution < -0.4 is 10.6 Å². The molecule has 0 radical (unpaired) electrons. The summed E-state index contributed by atoms with van der Waals surface area (Å²) in [5.41, 5.74) is 0.384. The van der Waals surface area contributed by atoms with Crippen molar-refractivity contribution in [1.82, 2.24) is 15.6 Å². The van der Waals surface area contributed by atoms with E-state index in [-0.39, 0.29) is 18.0 Å². The Morgan fingerprint density at radius 1 is 1.48 bits per heavy atom. The minimum atomic E-state index is -0.139. The second-order valence-electron chi connectivity index (χ2n) is 6.42. The number of amides is 1. The third-order valence-corrected chi connectivity index (χ3v) is 3.91. The Labute approximate surface area is 126 Å². The Hall–Kier alpha value is -1.36. The summed E-state index contributed by atoms with van der Waals surface area (Å²) in [6.07, 6.45) is 6.94. The standard InChI is InChI=1S/C16H27N3O2/c1-11(2)6-4-7-12(3)18-15(20)14-10-21-16(19-14)13-8-5-9-17-13/h10-13,17H,4-9H2,1-3H3,(H,18,20). The van der Waals surface area contributed by atoms with E-state index < -0.39 is 0 Å². The van der Waals surface area contributed by atoms with Gasteiger partial charge in [0.2, 0.25) is 5.89 Å². The molecule has 1 aliphatic heterocycles. The maximum absolute atomic E-state index is 12.1. The van der Waals surface area contributed by atoms with Gasteiger partial charge >= 0.3 is 0 Å². The van der Waals surface area contributed by atoms with Crippen LogP contribution in [0, 0.1) is 5.92 Å². The Bertz CT molecular complexity index is 450. The molecule has 2 N–H and O–H groups in total. The van der Waals surface area contributed by atoms with Gasteiger partial charge in [0.05, 0.1) is 6.04 Å². The van der Waals surface area contributed by atoms with Gasteiger partial charge in [-0.1, -0.05) is 26.7 Å². The number of oxazole rings is 1. The van der Waals surface area contributed by atoms with E-state index >= 15 is 0 Å². The molecule has 1 aromatic heterocycles. The normalized spacial score (nSPS) is 19.9. The topological polar surface area (TPSA) is 67.2 Å². The van der Waals surface area contributed by atoms with Gasteiger partial charge in [0.1, 0.15) is 6.26 Å². The van der Waals surface area contributed by atoms with Crippen molar-refractivity contribution in [3.8, 4) is 0 Å². The van der Waals surface area contributed by atoms with Gasteiger partial charge in [-0.05, 0) is 38.6 Å². The number of hydrogen-bond donors (Lipinski definition) is 2. The van der Waals surface area contributed by atoms with Crippen LogP contribution in [0.4, 0.5) is 0 Å². The zero-order valence-corrected chi connectivity index (χ0v) is 13.3. The molecule has 0 saturated carbocycles. The van der Waals surface area contributed by atoms with E-state index in [1.165, 1.54) is 12.7 Å². The number of carbonyl (C=O) groups is 1. The molecule has 0 aromatic carbocycles. The van der Waals surface area contributed by atoms with Crippen molar-refractivity contribution in [3.05, 3.63) is 17.8 Å². The van der Waals surface area contributed by atoms with E-state index in [1.807, 2.05) is 6.92 Å². The second-order valence-corrected chi connectivity index (χ2v) is 6.42. The summed E-state index contributed by atoms with van der Waals surface area (Å²) in [6, 6.07) is 0.330. The number of hydrogen-bond acceptors (Lipinski definition) is 4. The third-order valence-electron chi connectivity index (χ3n) is 3.91. The van der Waals surface area contributed by atoms with E-state index in [0.29, 0.717) is 17.5 Å². The van der Waals surface area contributed by atoms with Crippen LogP contribution in [0.25, 0.3) is 0 Å². The number of carbonyl (C=O) groups excluding carboxylic acids is 1. The predicted octanol–water partition coefficient (Wildman–Crippen LogP) is 3.04. The zero-order valence-electron chi connectivity index (χ0n) is 13.3. The molecule has 5 heteroatoms. The summed E-state index contributed by atoms with van der Waals surface area (Å²) in [7, 11) is 0. The maximum atomic E-state index is 12.1. The molecule has 2 unspecified atom stereocenters. The first-order valence-corrected chi connectivity index (χ1v) is 8.06. The number of rotatable bonds is 7. The lowest BCUT2D eigenvalue weighted by atomic mass is 10.0. The van der Waals surface area contributed by atoms with Gasteiger partial charge in [-0.3, -0.25) is 4.79 Å². The number of nitrogens with one attached hydrogen (secondary N) is 2. The van der Waals surface area contributed by atoms with Gasteiger partial charge in [-0.15, -0.1) is 0 Å². The fourth-order valence-corrected chi connectivity index (χ4v) is 2.65. The summed E-state index contributed by atoms with van der Waals surface area (Å²) in [4.78, 5) is 16.4. The van der Waals surface area contributed by atoms with Crippen molar-refractivity contribution in [2.75, 3.05) is 6.54 Å². The molecule has 5 nitrogen and oxygen atoms in total. The van der Waals surface area contributed by atoms with E-state index in [1.54, 1.807) is 0 Å². The molecule has 0 bridgehead atoms. The van der Waals surface area contributed by atoms with Crippen LogP contribution >= 0.6 is 0 Å². The summed E-state index contributed by atoms with van der Waals surface area (Å²) in [5.74, 6) is 1.20. The summed E-state index contributed by atoms with van der Waals surface area (Å²) in [5, 5.41) is 6.31. The number of aromatic nitrogens is 1. The van der Waals surface area contributed by atoms with Gasteiger partial charge in [0, 0.05) is 6.04 Å². The SMILES string of the molecule is CC(C)CCCC(C)NC(=O)c1coc(C2CCCN2)n1. The number of nitrogens with zero attached hydrogens (tertiary/aromatic N) is 1. The molecule has 21 heavy (non-hydrogen) atoms. The van der Waals surface area contributed by atoms with Crippen LogP contribution in [-0.2, 0) is 0 Å². The van der Waals surface area contributed by atoms with Crippen molar-refractivity contribution in [1.29, 1.82) is 0 Å². The molecular weight excluding hydrogens is 266 g/mol. The minimum Gasteiger partial charge on any atom is -0.446 e. The average molecular weight is 293 g/mol. The molecule has 2 rings (SSSR count). The molecular formula is C16H27N3O2. The average Bonchev–Trinajstić information content (AvgIpc) is 3.09. The fraction of sp³-hybridized carbons (Fsp3) is 0.750. The van der Waals surface area contributed by atoms with Crippen LogP contribution in [0.1, 0.15) is 75.3 Å². The molecule has 0 aliphatic carbocycles. The van der Waals surface area contributed by atoms with Crippen LogP contribution in [0.5, 0.6) is 0 Å². The molecule has 1 aliphatic rings. The molecule has 0 spiro atoms. The molecule has 118 valence electrons. The van der Waals surface area contributed by atoms with Gasteiger partial charge in [0.25, 0.3) is 5.91 Å². The van der Waals surface area contributed by atoms with E-state index in [2.05, 4.69) is 29.5 Å². The highest BCUT2D eigenvalue weighted by Gasteiger charge is 2.23. The molecule has 1 saturated heterocycles. The summed E-state index contributed by atoms with van der Waals surface area (Å²) in [6.45, 7) is 7.47. The van der Waals surface area contributed by atoms with Crippen molar-refractivity contribution >= 4 is 5.91 Å². The van der Waals surface area contributed by atoms with Gasteiger partial charge in [0.15, 0.2) is 5.69 Å². The second kappa shape index (κ2) is 7.59. The Balaban J connectivity index is 1.79. The first kappa shape index (κ1) is 16.0. The quantitative estimate of drug-likeness (QED) is 0.811. The predicted molar refractivity (Wildman–Crippen MR) is 82.1 cm³/mol. The largest absolute Gasteiger partial charge is 0.446 e. The summed E-state index contributed by atoms with van der Waals surface area (Å²) >= 11 is 0. The minimum absolute atomic E-state index is 0.139. The molecule has 2 atom stereocenters. The fourth-order valence-electron chi connectivity index (χ4n) is 2.65. The molecule has 1 amide bonds. The van der Waals surface area contributed by atoms with Gasteiger partial charge in [-0.2, -0.15) is 0 Å². The Kier molecular flexibility index (Phi) is 5.79. The van der Waals surface area contributed by atoms with Crippen LogP contribution in [0.15, 0.2) is 10.7 Å². The lowest BCUT2D eigenvalue weighted by molar-refractivity contribution is 0.0932. The lowest BCUT2D eigenvalue weighted by Crippen LogP contribution is -2.32. The first-order chi connectivity index (χ1) is 10.1. The maximum Gasteiger partial charge on any atom is 0.273 e. The highest BCUT2D eigenvalue weighted by Crippen LogP contribution is 2.22. The highest BCUT2D eigenvalue weighted by molar-refractivity contribution is 5.92. The Morgan fingerprint density at radius 3 is 2.95 bits per heavy atom. The third kappa shape index (κ3) is 4.84. The van der Waals surface area contributed by atoms with Gasteiger partial charge < -0.3 is 15.1 Å². The smallest absolute Gasteiger partial charge is 0.273 e. The monoisotopic (exact) mass is 293 g/mol. The van der Waals surface area contributed by atoms with Crippen molar-refractivity contribution in [3.63, 3.8) is 0 Å². The van der Waals surface area contributed by atoms with Crippen LogP contribution in [-0.4, -0.2) is 23.5 Å². The molecule has 2 heterocycles. The Morgan fingerprint density at radius 2 is 2.29 bits per heavy atom. The van der Waals surface area contributed by atoms with Crippen LogP contribution in [0.3, 0.4) is 0 Å². The van der Waals surface area contributed by atoms with Crippen molar-refractivity contribution in [2.24, 2.45) is 5.92 Å². The van der Waals surface area contributed by atoms with E-state index in [4.69, 9.17) is 4.42 Å². The lowest BCUT2D eigenvalue weighted by Gasteiger charge is -2.13. The van der Waals surface area contributed by atoms with Crippen molar-refractivity contribution in [2.45, 2.75) is 65.0 Å². The van der Waals surface area contributed by atoms with Crippen molar-refractivity contribution < 1.29 is 9.21 Å². The highest BCUT2D eigenvalue weighted by atomic mass is 16.3. The first-order valence-electron chi connectivity index (χ1n) is 8.06.